The van der Waals surface area contributed by atoms with Gasteiger partial charge in [0.15, 0.2) is 0 Å². The first kappa shape index (κ1) is 17.5. The maximum atomic E-state index is 12.8. The fourth-order valence-corrected chi connectivity index (χ4v) is 1.89. The molecule has 4 N–H and O–H groups in total. The first-order valence-electron chi connectivity index (χ1n) is 6.87. The Labute approximate surface area is 135 Å². The van der Waals surface area contributed by atoms with Gasteiger partial charge in [-0.05, 0) is 13.8 Å². The van der Waals surface area contributed by atoms with Gasteiger partial charge in [0.25, 0.3) is 0 Å². The number of nitrogens with two attached hydrogens (primary N) is 1. The number of carbonyl (C=O) groups is 1. The second-order valence-electron chi connectivity index (χ2n) is 5.02. The molecule has 1 atom stereocenters. The number of nitrogens with one attached hydrogen (secondary N) is 2. The average Bonchev–Trinajstić information content (AvgIpc) is 2.86. The number of primary amides is 1. The highest BCUT2D eigenvalue weighted by Crippen LogP contribution is 2.33. The first-order chi connectivity index (χ1) is 11.1. The number of rotatable bonds is 5. The normalized spacial score (nSPS) is 12.8. The van der Waals surface area contributed by atoms with Gasteiger partial charge in [-0.1, -0.05) is 0 Å². The summed E-state index contributed by atoms with van der Waals surface area (Å²) in [6.07, 6.45) is -2.37. The maximum absolute atomic E-state index is 12.8. The summed E-state index contributed by atoms with van der Waals surface area (Å²) in [5.74, 6) is -0.954. The highest BCUT2D eigenvalue weighted by molar-refractivity contribution is 5.78. The van der Waals surface area contributed by atoms with Gasteiger partial charge in [-0.25, -0.2) is 4.98 Å². The number of alkyl halides is 3. The van der Waals surface area contributed by atoms with Crippen LogP contribution in [0.5, 0.6) is 0 Å². The Morgan fingerprint density at radius 3 is 2.62 bits per heavy atom. The van der Waals surface area contributed by atoms with Crippen molar-refractivity contribution in [1.29, 1.82) is 0 Å². The number of carbonyl (C=O) groups excluding carboxylic acids is 1. The van der Waals surface area contributed by atoms with E-state index in [4.69, 9.17) is 5.73 Å². The SMILES string of the molecule is CNc1nc(Nc2cn(C(C)C(N)=O)nc2C)ncc1C(F)(F)F. The summed E-state index contributed by atoms with van der Waals surface area (Å²) >= 11 is 0. The summed E-state index contributed by atoms with van der Waals surface area (Å²) in [6, 6.07) is -0.666. The Balaban J connectivity index is 2.30. The molecule has 2 aromatic heterocycles. The molecule has 0 aliphatic heterocycles. The third-order valence-corrected chi connectivity index (χ3v) is 3.30. The number of halogens is 3. The van der Waals surface area contributed by atoms with Crippen molar-refractivity contribution in [1.82, 2.24) is 19.7 Å². The van der Waals surface area contributed by atoms with Gasteiger partial charge in [-0.15, -0.1) is 0 Å². The number of amides is 1. The summed E-state index contributed by atoms with van der Waals surface area (Å²) in [5.41, 5.74) is 5.21. The third kappa shape index (κ3) is 3.55. The fourth-order valence-electron chi connectivity index (χ4n) is 1.89. The van der Waals surface area contributed by atoms with Crippen LogP contribution in [0.1, 0.15) is 24.2 Å². The lowest BCUT2D eigenvalue weighted by atomic mass is 10.3. The van der Waals surface area contributed by atoms with E-state index in [-0.39, 0.29) is 11.8 Å². The molecule has 2 heterocycles. The van der Waals surface area contributed by atoms with Crippen molar-refractivity contribution >= 4 is 23.4 Å². The monoisotopic (exact) mass is 343 g/mol. The largest absolute Gasteiger partial charge is 0.421 e. The van der Waals surface area contributed by atoms with E-state index >= 15 is 0 Å². The quantitative estimate of drug-likeness (QED) is 0.764. The molecule has 0 radical (unpaired) electrons. The molecule has 1 unspecified atom stereocenters. The minimum Gasteiger partial charge on any atom is -0.372 e. The topological polar surface area (TPSA) is 111 Å². The molecule has 0 spiro atoms. The van der Waals surface area contributed by atoms with E-state index in [1.807, 2.05) is 0 Å². The first-order valence-corrected chi connectivity index (χ1v) is 6.87. The van der Waals surface area contributed by atoms with Gasteiger partial charge >= 0.3 is 6.18 Å². The lowest BCUT2D eigenvalue weighted by Crippen LogP contribution is -2.24. The predicted octanol–water partition coefficient (Wildman–Crippen LogP) is 1.83. The number of hydrogen-bond acceptors (Lipinski definition) is 6. The Morgan fingerprint density at radius 2 is 2.08 bits per heavy atom. The van der Waals surface area contributed by atoms with E-state index in [0.717, 1.165) is 0 Å². The number of hydrogen-bond donors (Lipinski definition) is 3. The van der Waals surface area contributed by atoms with E-state index in [1.165, 1.54) is 17.9 Å². The average molecular weight is 343 g/mol. The van der Waals surface area contributed by atoms with Crippen molar-refractivity contribution in [2.45, 2.75) is 26.1 Å². The van der Waals surface area contributed by atoms with E-state index in [0.29, 0.717) is 17.6 Å². The van der Waals surface area contributed by atoms with Crippen LogP contribution in [0.3, 0.4) is 0 Å². The number of anilines is 3. The van der Waals surface area contributed by atoms with Crippen molar-refractivity contribution < 1.29 is 18.0 Å². The molecule has 0 bridgehead atoms. The van der Waals surface area contributed by atoms with Crippen molar-refractivity contribution in [3.05, 3.63) is 23.7 Å². The van der Waals surface area contributed by atoms with E-state index in [9.17, 15) is 18.0 Å². The zero-order chi connectivity index (χ0) is 18.1. The Bertz CT molecular complexity index is 757. The molecule has 2 rings (SSSR count). The van der Waals surface area contributed by atoms with Gasteiger partial charge < -0.3 is 16.4 Å². The zero-order valence-corrected chi connectivity index (χ0v) is 13.1. The standard InChI is InChI=1S/C13H16F3N7O/c1-6-9(5-23(22-6)7(2)10(17)24)20-12-19-4-8(13(14,15)16)11(18-3)21-12/h4-5,7H,1-3H3,(H2,17,24)(H2,18,19,20,21). The van der Waals surface area contributed by atoms with Crippen LogP contribution in [-0.2, 0) is 11.0 Å². The van der Waals surface area contributed by atoms with Gasteiger partial charge in [0, 0.05) is 19.4 Å². The van der Waals surface area contributed by atoms with Crippen LogP contribution in [0, 0.1) is 6.92 Å². The molecule has 0 aliphatic rings. The van der Waals surface area contributed by atoms with Gasteiger partial charge in [0.2, 0.25) is 11.9 Å². The minimum absolute atomic E-state index is 0.0401. The van der Waals surface area contributed by atoms with Crippen LogP contribution < -0.4 is 16.4 Å². The molecule has 1 amide bonds. The summed E-state index contributed by atoms with van der Waals surface area (Å²) < 4.78 is 39.8. The van der Waals surface area contributed by atoms with Crippen LogP contribution in [0.15, 0.2) is 12.4 Å². The van der Waals surface area contributed by atoms with E-state index in [2.05, 4.69) is 25.7 Å². The van der Waals surface area contributed by atoms with Crippen LogP contribution >= 0.6 is 0 Å². The fraction of sp³-hybridized carbons (Fsp3) is 0.385. The maximum Gasteiger partial charge on any atom is 0.421 e. The van der Waals surface area contributed by atoms with Crippen LogP contribution in [0.25, 0.3) is 0 Å². The van der Waals surface area contributed by atoms with Crippen LogP contribution in [0.4, 0.5) is 30.6 Å². The smallest absolute Gasteiger partial charge is 0.372 e. The molecule has 0 saturated carbocycles. The molecule has 130 valence electrons. The second kappa shape index (κ2) is 6.34. The van der Waals surface area contributed by atoms with Crippen LogP contribution in [-0.4, -0.2) is 32.7 Å². The Hall–Kier alpha value is -2.85. The highest BCUT2D eigenvalue weighted by Gasteiger charge is 2.35. The molecular weight excluding hydrogens is 327 g/mol. The second-order valence-corrected chi connectivity index (χ2v) is 5.02. The highest BCUT2D eigenvalue weighted by atomic mass is 19.4. The number of nitrogens with zero attached hydrogens (tertiary/aromatic N) is 4. The number of aryl methyl sites for hydroxylation is 1. The molecule has 0 saturated heterocycles. The Kier molecular flexibility index (Phi) is 4.62. The molecule has 0 fully saturated rings. The van der Waals surface area contributed by atoms with Gasteiger partial charge in [0.1, 0.15) is 17.4 Å². The summed E-state index contributed by atoms with van der Waals surface area (Å²) in [6.45, 7) is 3.24. The molecular formula is C13H16F3N7O. The summed E-state index contributed by atoms with van der Waals surface area (Å²) in [7, 11) is 1.33. The van der Waals surface area contributed by atoms with E-state index in [1.54, 1.807) is 13.8 Å². The molecule has 8 nitrogen and oxygen atoms in total. The molecule has 2 aromatic rings. The van der Waals surface area contributed by atoms with Crippen molar-refractivity contribution in [3.8, 4) is 0 Å². The van der Waals surface area contributed by atoms with Gasteiger partial charge in [0.05, 0.1) is 11.4 Å². The summed E-state index contributed by atoms with van der Waals surface area (Å²) in [4.78, 5) is 18.7. The van der Waals surface area contributed by atoms with Gasteiger partial charge in [-0.3, -0.25) is 9.48 Å². The molecule has 24 heavy (non-hydrogen) atoms. The molecule has 0 aliphatic carbocycles. The minimum atomic E-state index is -4.56. The van der Waals surface area contributed by atoms with Crippen molar-refractivity contribution in [3.63, 3.8) is 0 Å². The number of aromatic nitrogens is 4. The molecule has 11 heteroatoms. The lowest BCUT2D eigenvalue weighted by Gasteiger charge is -2.12. The molecule has 0 aromatic carbocycles. The van der Waals surface area contributed by atoms with Gasteiger partial charge in [-0.2, -0.15) is 23.3 Å². The summed E-state index contributed by atoms with van der Waals surface area (Å²) in [5, 5.41) is 9.29. The Morgan fingerprint density at radius 1 is 1.42 bits per heavy atom. The zero-order valence-electron chi connectivity index (χ0n) is 13.1. The van der Waals surface area contributed by atoms with Crippen LogP contribution in [0.2, 0.25) is 0 Å². The third-order valence-electron chi connectivity index (χ3n) is 3.30. The lowest BCUT2D eigenvalue weighted by molar-refractivity contribution is -0.137. The predicted molar refractivity (Wildman–Crippen MR) is 80.7 cm³/mol. The van der Waals surface area contributed by atoms with E-state index < -0.39 is 23.7 Å². The van der Waals surface area contributed by atoms with Crippen molar-refractivity contribution in [2.75, 3.05) is 17.7 Å². The van der Waals surface area contributed by atoms with Crippen molar-refractivity contribution in [2.24, 2.45) is 5.73 Å².